The second-order valence-electron chi connectivity index (χ2n) is 5.16. The molecule has 2 rings (SSSR count). The van der Waals surface area contributed by atoms with Gasteiger partial charge in [0.25, 0.3) is 5.91 Å². The first-order valence-electron chi connectivity index (χ1n) is 7.80. The second kappa shape index (κ2) is 10.5. The van der Waals surface area contributed by atoms with E-state index in [1.165, 1.54) is 24.5 Å². The number of esters is 2. The van der Waals surface area contributed by atoms with E-state index in [0.29, 0.717) is 10.8 Å². The molecule has 0 saturated carbocycles. The Bertz CT molecular complexity index is 831. The summed E-state index contributed by atoms with van der Waals surface area (Å²) in [4.78, 5) is 39.9. The van der Waals surface area contributed by atoms with Crippen LogP contribution in [0.25, 0.3) is 6.08 Å². The third-order valence-corrected chi connectivity index (χ3v) is 4.77. The van der Waals surface area contributed by atoms with Gasteiger partial charge in [0.1, 0.15) is 0 Å². The molecule has 7 nitrogen and oxygen atoms in total. The molecule has 2 aromatic rings. The number of anilines is 1. The van der Waals surface area contributed by atoms with E-state index < -0.39 is 24.5 Å². The number of hydrogen-bond donors (Lipinski definition) is 1. The molecule has 1 N–H and O–H groups in total. The van der Waals surface area contributed by atoms with Gasteiger partial charge >= 0.3 is 11.9 Å². The Hall–Kier alpha value is -2.65. The van der Waals surface area contributed by atoms with Crippen LogP contribution in [0.5, 0.6) is 0 Å². The van der Waals surface area contributed by atoms with E-state index in [-0.39, 0.29) is 6.42 Å². The van der Waals surface area contributed by atoms with Gasteiger partial charge in [-0.05, 0) is 30.0 Å². The van der Waals surface area contributed by atoms with Crippen LogP contribution in [0, 0.1) is 0 Å². The van der Waals surface area contributed by atoms with Gasteiger partial charge < -0.3 is 9.47 Å². The van der Waals surface area contributed by atoms with E-state index in [0.717, 1.165) is 10.5 Å². The van der Waals surface area contributed by atoms with Gasteiger partial charge in [-0.1, -0.05) is 12.1 Å². The summed E-state index contributed by atoms with van der Waals surface area (Å²) in [6, 6.07) is 7.67. The molecule has 27 heavy (non-hydrogen) atoms. The van der Waals surface area contributed by atoms with Crippen LogP contribution in [0.4, 0.5) is 5.13 Å². The fourth-order valence-electron chi connectivity index (χ4n) is 1.89. The summed E-state index contributed by atoms with van der Waals surface area (Å²) in [5.74, 6) is -1.55. The number of rotatable bonds is 8. The maximum absolute atomic E-state index is 11.8. The highest BCUT2D eigenvalue weighted by atomic mass is 32.2. The van der Waals surface area contributed by atoms with E-state index in [9.17, 15) is 14.4 Å². The first-order valence-corrected chi connectivity index (χ1v) is 9.90. The Morgan fingerprint density at radius 2 is 2.00 bits per heavy atom. The number of benzene rings is 1. The Morgan fingerprint density at radius 1 is 1.26 bits per heavy atom. The molecule has 0 aliphatic rings. The summed E-state index contributed by atoms with van der Waals surface area (Å²) in [7, 11) is 1.29. The highest BCUT2D eigenvalue weighted by Crippen LogP contribution is 2.16. The molecule has 0 saturated heterocycles. The largest absolute Gasteiger partial charge is 0.469 e. The summed E-state index contributed by atoms with van der Waals surface area (Å²) in [5.41, 5.74) is 1.35. The second-order valence-corrected chi connectivity index (χ2v) is 6.90. The number of aromatic nitrogens is 1. The highest BCUT2D eigenvalue weighted by Gasteiger charge is 2.11. The zero-order valence-electron chi connectivity index (χ0n) is 14.8. The van der Waals surface area contributed by atoms with Crippen molar-refractivity contribution in [1.29, 1.82) is 0 Å². The van der Waals surface area contributed by atoms with Crippen LogP contribution in [-0.4, -0.2) is 42.8 Å². The predicted molar refractivity (Wildman–Crippen MR) is 105 cm³/mol. The quantitative estimate of drug-likeness (QED) is 0.409. The van der Waals surface area contributed by atoms with Crippen molar-refractivity contribution in [3.05, 3.63) is 47.0 Å². The molecule has 1 aromatic carbocycles. The number of amides is 1. The van der Waals surface area contributed by atoms with Crippen LogP contribution in [0.2, 0.25) is 0 Å². The van der Waals surface area contributed by atoms with E-state index in [4.69, 9.17) is 4.74 Å². The fraction of sp³-hybridized carbons (Fsp3) is 0.222. The van der Waals surface area contributed by atoms with Crippen LogP contribution in [0.1, 0.15) is 11.3 Å². The molecule has 0 fully saturated rings. The molecule has 1 heterocycles. The fourth-order valence-corrected chi connectivity index (χ4v) is 3.02. The van der Waals surface area contributed by atoms with Gasteiger partial charge in [-0.15, -0.1) is 23.1 Å². The molecule has 0 unspecified atom stereocenters. The van der Waals surface area contributed by atoms with Crippen molar-refractivity contribution in [2.24, 2.45) is 0 Å². The minimum absolute atomic E-state index is 0.0283. The first-order chi connectivity index (χ1) is 13.0. The molecule has 0 radical (unpaired) electrons. The standard InChI is InChI=1S/C18H18N2O5S2/c1-24-17(23)9-13-11-27-18(19-13)20-15(21)10-25-16(22)8-5-12-3-6-14(26-2)7-4-12/h3-8,11H,9-10H2,1-2H3,(H,19,20,21)/b8-5+. The number of ether oxygens (including phenoxy) is 2. The Kier molecular flexibility index (Phi) is 8.02. The van der Waals surface area contributed by atoms with Gasteiger partial charge in [0.15, 0.2) is 11.7 Å². The van der Waals surface area contributed by atoms with E-state index in [1.807, 2.05) is 30.5 Å². The number of hydrogen-bond acceptors (Lipinski definition) is 8. The third kappa shape index (κ3) is 7.24. The van der Waals surface area contributed by atoms with Gasteiger partial charge in [-0.2, -0.15) is 0 Å². The summed E-state index contributed by atoms with van der Waals surface area (Å²) < 4.78 is 9.44. The van der Waals surface area contributed by atoms with Gasteiger partial charge in [-0.3, -0.25) is 14.9 Å². The van der Waals surface area contributed by atoms with Crippen LogP contribution >= 0.6 is 23.1 Å². The number of nitrogens with zero attached hydrogens (tertiary/aromatic N) is 1. The minimum Gasteiger partial charge on any atom is -0.469 e. The van der Waals surface area contributed by atoms with Gasteiger partial charge in [0, 0.05) is 16.4 Å². The monoisotopic (exact) mass is 406 g/mol. The number of thiazole rings is 1. The third-order valence-electron chi connectivity index (χ3n) is 3.22. The molecule has 1 aromatic heterocycles. The van der Waals surface area contributed by atoms with Crippen molar-refractivity contribution in [2.45, 2.75) is 11.3 Å². The molecule has 1 amide bonds. The van der Waals surface area contributed by atoms with Gasteiger partial charge in [0.2, 0.25) is 0 Å². The lowest BCUT2D eigenvalue weighted by molar-refractivity contribution is -0.142. The van der Waals surface area contributed by atoms with Crippen LogP contribution in [-0.2, 0) is 30.3 Å². The highest BCUT2D eigenvalue weighted by molar-refractivity contribution is 7.98. The zero-order valence-corrected chi connectivity index (χ0v) is 16.4. The molecule has 0 atom stereocenters. The smallest absolute Gasteiger partial charge is 0.331 e. The van der Waals surface area contributed by atoms with Crippen molar-refractivity contribution in [3.63, 3.8) is 0 Å². The topological polar surface area (TPSA) is 94.6 Å². The number of carbonyl (C=O) groups is 3. The SMILES string of the molecule is COC(=O)Cc1csc(NC(=O)COC(=O)/C=C/c2ccc(SC)cc2)n1. The van der Waals surface area contributed by atoms with E-state index in [2.05, 4.69) is 15.0 Å². The van der Waals surface area contributed by atoms with Crippen LogP contribution in [0.3, 0.4) is 0 Å². The molecular weight excluding hydrogens is 388 g/mol. The minimum atomic E-state index is -0.621. The molecule has 0 spiro atoms. The summed E-state index contributed by atoms with van der Waals surface area (Å²) in [6.45, 7) is -0.430. The normalized spacial score (nSPS) is 10.6. The maximum atomic E-state index is 11.8. The van der Waals surface area contributed by atoms with Crippen molar-refractivity contribution in [3.8, 4) is 0 Å². The van der Waals surface area contributed by atoms with Crippen molar-refractivity contribution >= 4 is 52.2 Å². The molecular formula is C18H18N2O5S2. The predicted octanol–water partition coefficient (Wildman–Crippen LogP) is 2.78. The van der Waals surface area contributed by atoms with Gasteiger partial charge in [-0.25, -0.2) is 9.78 Å². The average molecular weight is 406 g/mol. The molecule has 0 aliphatic heterocycles. The summed E-state index contributed by atoms with van der Waals surface area (Å²) >= 11 is 2.80. The van der Waals surface area contributed by atoms with Gasteiger partial charge in [0.05, 0.1) is 19.2 Å². The summed E-state index contributed by atoms with van der Waals surface area (Å²) in [6.07, 6.45) is 4.89. The maximum Gasteiger partial charge on any atom is 0.331 e. The zero-order chi connectivity index (χ0) is 19.6. The molecule has 0 aliphatic carbocycles. The Balaban J connectivity index is 1.76. The Labute approximate surface area is 164 Å². The molecule has 9 heteroatoms. The lowest BCUT2D eigenvalue weighted by Crippen LogP contribution is -2.20. The molecule has 0 bridgehead atoms. The number of methoxy groups -OCH3 is 1. The number of nitrogens with one attached hydrogen (secondary N) is 1. The summed E-state index contributed by atoms with van der Waals surface area (Å²) in [5, 5.41) is 4.47. The lowest BCUT2D eigenvalue weighted by atomic mass is 10.2. The van der Waals surface area contributed by atoms with E-state index in [1.54, 1.807) is 23.2 Å². The molecule has 142 valence electrons. The van der Waals surface area contributed by atoms with Crippen LogP contribution in [0.15, 0.2) is 40.6 Å². The van der Waals surface area contributed by atoms with E-state index >= 15 is 0 Å². The van der Waals surface area contributed by atoms with Crippen LogP contribution < -0.4 is 5.32 Å². The number of carbonyl (C=O) groups excluding carboxylic acids is 3. The first kappa shape index (κ1) is 20.7. The Morgan fingerprint density at radius 3 is 2.67 bits per heavy atom. The van der Waals surface area contributed by atoms with Crippen molar-refractivity contribution < 1.29 is 23.9 Å². The van der Waals surface area contributed by atoms with Crippen molar-refractivity contribution in [2.75, 3.05) is 25.3 Å². The lowest BCUT2D eigenvalue weighted by Gasteiger charge is -2.02. The van der Waals surface area contributed by atoms with Crippen molar-refractivity contribution in [1.82, 2.24) is 4.98 Å². The number of thioether (sulfide) groups is 1. The average Bonchev–Trinajstić information content (AvgIpc) is 3.11.